The Morgan fingerprint density at radius 1 is 1.21 bits per heavy atom. The van der Waals surface area contributed by atoms with Crippen molar-refractivity contribution in [1.82, 2.24) is 15.5 Å². The second kappa shape index (κ2) is 11.7. The highest BCUT2D eigenvalue weighted by molar-refractivity contribution is 5.79. The molecule has 1 atom stereocenters. The van der Waals surface area contributed by atoms with Gasteiger partial charge in [0.15, 0.2) is 5.96 Å². The van der Waals surface area contributed by atoms with Gasteiger partial charge in [-0.3, -0.25) is 9.89 Å². The van der Waals surface area contributed by atoms with E-state index < -0.39 is 0 Å². The summed E-state index contributed by atoms with van der Waals surface area (Å²) in [7, 11) is 1.77. The molecule has 0 amide bonds. The molecule has 0 aromatic rings. The minimum Gasteiger partial charge on any atom is -0.383 e. The SMILES string of the molecule is CCNC(=NCC1CCCN1CCOC)NCCCOCC1CC1. The van der Waals surface area contributed by atoms with E-state index in [0.29, 0.717) is 6.04 Å². The Morgan fingerprint density at radius 2 is 2.08 bits per heavy atom. The smallest absolute Gasteiger partial charge is 0.191 e. The Hall–Kier alpha value is -0.850. The van der Waals surface area contributed by atoms with Crippen LogP contribution in [0, 0.1) is 5.92 Å². The molecule has 140 valence electrons. The van der Waals surface area contributed by atoms with Gasteiger partial charge in [-0.15, -0.1) is 0 Å². The average molecular weight is 341 g/mol. The van der Waals surface area contributed by atoms with Crippen LogP contribution < -0.4 is 10.6 Å². The van der Waals surface area contributed by atoms with Crippen molar-refractivity contribution in [2.45, 2.75) is 45.1 Å². The Kier molecular flexibility index (Phi) is 9.46. The van der Waals surface area contributed by atoms with Gasteiger partial charge in [0.1, 0.15) is 0 Å². The predicted molar refractivity (Wildman–Crippen MR) is 98.6 cm³/mol. The zero-order valence-corrected chi connectivity index (χ0v) is 15.6. The molecule has 1 aliphatic heterocycles. The summed E-state index contributed by atoms with van der Waals surface area (Å²) < 4.78 is 10.9. The molecule has 1 unspecified atom stereocenters. The molecule has 0 aromatic carbocycles. The fourth-order valence-electron chi connectivity index (χ4n) is 3.06. The number of nitrogens with one attached hydrogen (secondary N) is 2. The predicted octanol–water partition coefficient (Wildman–Crippen LogP) is 1.47. The summed E-state index contributed by atoms with van der Waals surface area (Å²) in [6, 6.07) is 0.553. The van der Waals surface area contributed by atoms with Crippen LogP contribution in [0.4, 0.5) is 0 Å². The summed E-state index contributed by atoms with van der Waals surface area (Å²) >= 11 is 0. The molecule has 0 bridgehead atoms. The normalized spacial score (nSPS) is 22.1. The fourth-order valence-corrected chi connectivity index (χ4v) is 3.06. The lowest BCUT2D eigenvalue weighted by atomic mass is 10.2. The molecule has 2 N–H and O–H groups in total. The van der Waals surface area contributed by atoms with Crippen molar-refractivity contribution in [2.75, 3.05) is 59.7 Å². The Labute approximate surface area is 147 Å². The molecule has 0 radical (unpaired) electrons. The second-order valence-electron chi connectivity index (χ2n) is 6.84. The van der Waals surface area contributed by atoms with Crippen molar-refractivity contribution in [2.24, 2.45) is 10.9 Å². The van der Waals surface area contributed by atoms with Crippen molar-refractivity contribution < 1.29 is 9.47 Å². The lowest BCUT2D eigenvalue weighted by Crippen LogP contribution is -2.40. The van der Waals surface area contributed by atoms with Gasteiger partial charge in [-0.05, 0) is 51.5 Å². The second-order valence-corrected chi connectivity index (χ2v) is 6.84. The highest BCUT2D eigenvalue weighted by atomic mass is 16.5. The maximum Gasteiger partial charge on any atom is 0.191 e. The van der Waals surface area contributed by atoms with Crippen molar-refractivity contribution in [3.8, 4) is 0 Å². The summed E-state index contributed by atoms with van der Waals surface area (Å²) in [6.07, 6.45) is 6.25. The van der Waals surface area contributed by atoms with Gasteiger partial charge >= 0.3 is 0 Å². The van der Waals surface area contributed by atoms with Crippen LogP contribution in [0.2, 0.25) is 0 Å². The van der Waals surface area contributed by atoms with Crippen LogP contribution in [-0.2, 0) is 9.47 Å². The van der Waals surface area contributed by atoms with E-state index >= 15 is 0 Å². The fraction of sp³-hybridized carbons (Fsp3) is 0.944. The minimum atomic E-state index is 0.553. The van der Waals surface area contributed by atoms with Gasteiger partial charge in [0.25, 0.3) is 0 Å². The zero-order chi connectivity index (χ0) is 17.0. The van der Waals surface area contributed by atoms with Gasteiger partial charge in [0.2, 0.25) is 0 Å². The first-order valence-electron chi connectivity index (χ1n) is 9.66. The topological polar surface area (TPSA) is 58.1 Å². The van der Waals surface area contributed by atoms with E-state index in [9.17, 15) is 0 Å². The average Bonchev–Trinajstić information content (AvgIpc) is 3.31. The third kappa shape index (κ3) is 7.81. The molecule has 2 fully saturated rings. The molecular formula is C18H36N4O2. The van der Waals surface area contributed by atoms with E-state index in [4.69, 9.17) is 14.5 Å². The maximum atomic E-state index is 5.67. The van der Waals surface area contributed by atoms with Crippen LogP contribution in [0.5, 0.6) is 0 Å². The summed E-state index contributed by atoms with van der Waals surface area (Å²) in [4.78, 5) is 7.28. The van der Waals surface area contributed by atoms with Gasteiger partial charge in [-0.2, -0.15) is 0 Å². The standard InChI is InChI=1S/C18H36N4O2/c1-3-19-18(20-9-5-12-24-15-16-7-8-16)21-14-17-6-4-10-22(17)11-13-23-2/h16-17H,3-15H2,1-2H3,(H2,19,20,21). The third-order valence-electron chi connectivity index (χ3n) is 4.69. The number of ether oxygens (including phenoxy) is 2. The van der Waals surface area contributed by atoms with Gasteiger partial charge in [0, 0.05) is 46.0 Å². The van der Waals surface area contributed by atoms with Crippen molar-refractivity contribution >= 4 is 5.96 Å². The molecule has 0 spiro atoms. The molecule has 6 nitrogen and oxygen atoms in total. The molecule has 1 saturated heterocycles. The number of rotatable bonds is 12. The number of nitrogens with zero attached hydrogens (tertiary/aromatic N) is 2. The van der Waals surface area contributed by atoms with Crippen molar-refractivity contribution in [3.05, 3.63) is 0 Å². The number of likely N-dealkylation sites (tertiary alicyclic amines) is 1. The first kappa shape index (κ1) is 19.5. The molecule has 1 aliphatic carbocycles. The van der Waals surface area contributed by atoms with Crippen LogP contribution in [0.3, 0.4) is 0 Å². The first-order valence-corrected chi connectivity index (χ1v) is 9.66. The number of methoxy groups -OCH3 is 1. The van der Waals surface area contributed by atoms with E-state index in [-0.39, 0.29) is 0 Å². The Morgan fingerprint density at radius 3 is 2.83 bits per heavy atom. The number of hydrogen-bond acceptors (Lipinski definition) is 4. The maximum absolute atomic E-state index is 5.67. The molecule has 6 heteroatoms. The lowest BCUT2D eigenvalue weighted by molar-refractivity contribution is 0.123. The van der Waals surface area contributed by atoms with Crippen LogP contribution in [0.1, 0.15) is 39.0 Å². The number of guanidine groups is 1. The molecule has 24 heavy (non-hydrogen) atoms. The molecule has 0 aromatic heterocycles. The summed E-state index contributed by atoms with van der Waals surface area (Å²) in [6.45, 7) is 9.55. The molecule has 1 saturated carbocycles. The van der Waals surface area contributed by atoms with E-state index in [1.165, 1.54) is 32.2 Å². The van der Waals surface area contributed by atoms with Gasteiger partial charge in [-0.25, -0.2) is 0 Å². The minimum absolute atomic E-state index is 0.553. The highest BCUT2D eigenvalue weighted by Crippen LogP contribution is 2.28. The molecular weight excluding hydrogens is 304 g/mol. The number of hydrogen-bond donors (Lipinski definition) is 2. The molecule has 1 heterocycles. The quantitative estimate of drug-likeness (QED) is 0.320. The van der Waals surface area contributed by atoms with Gasteiger partial charge < -0.3 is 20.1 Å². The zero-order valence-electron chi connectivity index (χ0n) is 15.6. The monoisotopic (exact) mass is 340 g/mol. The Balaban J connectivity index is 1.62. The van der Waals surface area contributed by atoms with Crippen LogP contribution in [0.15, 0.2) is 4.99 Å². The van der Waals surface area contributed by atoms with Crippen molar-refractivity contribution in [1.29, 1.82) is 0 Å². The summed E-state index contributed by atoms with van der Waals surface area (Å²) in [5, 5.41) is 6.76. The summed E-state index contributed by atoms with van der Waals surface area (Å²) in [5.41, 5.74) is 0. The largest absolute Gasteiger partial charge is 0.383 e. The Bertz CT molecular complexity index is 361. The molecule has 2 aliphatic rings. The van der Waals surface area contributed by atoms with Crippen LogP contribution in [0.25, 0.3) is 0 Å². The lowest BCUT2D eigenvalue weighted by Gasteiger charge is -2.23. The highest BCUT2D eigenvalue weighted by Gasteiger charge is 2.23. The van der Waals surface area contributed by atoms with E-state index in [2.05, 4.69) is 22.5 Å². The third-order valence-corrected chi connectivity index (χ3v) is 4.69. The van der Waals surface area contributed by atoms with Gasteiger partial charge in [-0.1, -0.05) is 0 Å². The number of aliphatic imine (C=N–C) groups is 1. The first-order chi connectivity index (χ1) is 11.8. The van der Waals surface area contributed by atoms with Gasteiger partial charge in [0.05, 0.1) is 13.2 Å². The van der Waals surface area contributed by atoms with Crippen molar-refractivity contribution in [3.63, 3.8) is 0 Å². The van der Waals surface area contributed by atoms with E-state index in [1.807, 2.05) is 0 Å². The van der Waals surface area contributed by atoms with E-state index in [1.54, 1.807) is 7.11 Å². The summed E-state index contributed by atoms with van der Waals surface area (Å²) in [5.74, 6) is 1.78. The van der Waals surface area contributed by atoms with E-state index in [0.717, 1.165) is 64.3 Å². The van der Waals surface area contributed by atoms with Crippen LogP contribution >= 0.6 is 0 Å². The van der Waals surface area contributed by atoms with Crippen LogP contribution in [-0.4, -0.2) is 76.6 Å². The molecule has 2 rings (SSSR count).